The Balaban J connectivity index is 2.06. The molecule has 1 amide bonds. The highest BCUT2D eigenvalue weighted by Gasteiger charge is 2.35. The quantitative estimate of drug-likeness (QED) is 0.254. The molecule has 2 rings (SSSR count). The van der Waals surface area contributed by atoms with E-state index >= 15 is 0 Å². The Kier molecular flexibility index (Phi) is 10.2. The number of amidine groups is 1. The third-order valence-electron chi connectivity index (χ3n) is 6.27. The number of hydroxylamine groups is 1. The highest BCUT2D eigenvalue weighted by Crippen LogP contribution is 2.29. The molecule has 6 heteroatoms. The predicted molar refractivity (Wildman–Crippen MR) is 133 cm³/mol. The van der Waals surface area contributed by atoms with Gasteiger partial charge in [0.2, 0.25) is 0 Å². The zero-order chi connectivity index (χ0) is 23.7. The first kappa shape index (κ1) is 26.3. The van der Waals surface area contributed by atoms with Gasteiger partial charge in [-0.05, 0) is 67.5 Å². The molecule has 3 unspecified atom stereocenters. The smallest absolute Gasteiger partial charge is 0.267 e. The van der Waals surface area contributed by atoms with Crippen LogP contribution < -0.4 is 5.48 Å². The summed E-state index contributed by atoms with van der Waals surface area (Å²) >= 11 is 0. The molecule has 2 aliphatic rings. The number of nitrogens with zero attached hydrogens (tertiary/aromatic N) is 3. The van der Waals surface area contributed by atoms with E-state index in [9.17, 15) is 4.79 Å². The van der Waals surface area contributed by atoms with E-state index in [-0.39, 0.29) is 6.04 Å². The van der Waals surface area contributed by atoms with Crippen LogP contribution in [0.4, 0.5) is 0 Å². The van der Waals surface area contributed by atoms with Gasteiger partial charge in [-0.2, -0.15) is 0 Å². The SMILES string of the molecule is CCCCC1N=C2C=C(/C=C/C(=O)NO)C=CN2C1CN(CC)CCC(C)CC(C)(C)C. The van der Waals surface area contributed by atoms with Crippen LogP contribution in [0.25, 0.3) is 0 Å². The average Bonchev–Trinajstić information content (AvgIpc) is 3.08. The van der Waals surface area contributed by atoms with E-state index < -0.39 is 5.91 Å². The third-order valence-corrected chi connectivity index (χ3v) is 6.27. The second-order valence-corrected chi connectivity index (χ2v) is 10.5. The van der Waals surface area contributed by atoms with Crippen molar-refractivity contribution in [2.75, 3.05) is 19.6 Å². The lowest BCUT2D eigenvalue weighted by molar-refractivity contribution is -0.124. The lowest BCUT2D eigenvalue weighted by atomic mass is 9.84. The van der Waals surface area contributed by atoms with Crippen LogP contribution in [0.2, 0.25) is 0 Å². The van der Waals surface area contributed by atoms with E-state index in [2.05, 4.69) is 57.5 Å². The molecular formula is C26H44N4O2. The van der Waals surface area contributed by atoms with Crippen LogP contribution in [0.5, 0.6) is 0 Å². The number of fused-ring (bicyclic) bond motifs is 1. The molecule has 2 aliphatic heterocycles. The standard InChI is InChI=1S/C26H44N4O2/c1-7-9-10-22-23(19-29(8-2)15-13-20(3)18-26(4,5)6)30-16-14-21(17-24(30)27-22)11-12-25(31)28-32/h11-12,14,16-17,20,22-23,32H,7-10,13,15,18-19H2,1-6H3,(H,28,31)/b12-11+. The van der Waals surface area contributed by atoms with Crippen molar-refractivity contribution in [3.05, 3.63) is 36.1 Å². The molecule has 0 radical (unpaired) electrons. The van der Waals surface area contributed by atoms with E-state index in [1.54, 1.807) is 11.6 Å². The number of hydrogen-bond donors (Lipinski definition) is 2. The lowest BCUT2D eigenvalue weighted by Crippen LogP contribution is -2.46. The fraction of sp³-hybridized carbons (Fsp3) is 0.692. The number of aliphatic imine (C=N–C) groups is 1. The number of allylic oxidation sites excluding steroid dienone is 3. The molecule has 2 heterocycles. The molecule has 2 N–H and O–H groups in total. The van der Waals surface area contributed by atoms with Gasteiger partial charge in [-0.3, -0.25) is 15.0 Å². The summed E-state index contributed by atoms with van der Waals surface area (Å²) in [4.78, 5) is 21.3. The lowest BCUT2D eigenvalue weighted by Gasteiger charge is -2.34. The largest absolute Gasteiger partial charge is 0.327 e. The molecule has 0 aliphatic carbocycles. The van der Waals surface area contributed by atoms with Gasteiger partial charge in [0.25, 0.3) is 5.91 Å². The summed E-state index contributed by atoms with van der Waals surface area (Å²) < 4.78 is 0. The Bertz CT molecular complexity index is 733. The van der Waals surface area contributed by atoms with Crippen LogP contribution in [0.15, 0.2) is 41.1 Å². The monoisotopic (exact) mass is 444 g/mol. The molecule has 0 saturated heterocycles. The first-order chi connectivity index (χ1) is 15.2. The first-order valence-electron chi connectivity index (χ1n) is 12.3. The first-order valence-corrected chi connectivity index (χ1v) is 12.3. The van der Waals surface area contributed by atoms with Crippen molar-refractivity contribution < 1.29 is 10.0 Å². The Hall–Kier alpha value is -1.92. The fourth-order valence-corrected chi connectivity index (χ4v) is 4.73. The molecular weight excluding hydrogens is 400 g/mol. The number of likely N-dealkylation sites (N-methyl/N-ethyl adjacent to an activating group) is 1. The van der Waals surface area contributed by atoms with Crippen molar-refractivity contribution >= 4 is 11.7 Å². The van der Waals surface area contributed by atoms with E-state index in [0.29, 0.717) is 11.5 Å². The van der Waals surface area contributed by atoms with Gasteiger partial charge in [0.1, 0.15) is 5.84 Å². The minimum atomic E-state index is -0.534. The van der Waals surface area contributed by atoms with Crippen LogP contribution in [0.3, 0.4) is 0 Å². The third kappa shape index (κ3) is 8.21. The van der Waals surface area contributed by atoms with Crippen LogP contribution in [-0.2, 0) is 4.79 Å². The predicted octanol–water partition coefficient (Wildman–Crippen LogP) is 4.93. The number of amides is 1. The highest BCUT2D eigenvalue weighted by atomic mass is 16.5. The van der Waals surface area contributed by atoms with Crippen molar-refractivity contribution in [2.45, 2.75) is 85.7 Å². The van der Waals surface area contributed by atoms with Gasteiger partial charge in [0, 0.05) is 18.8 Å². The summed E-state index contributed by atoms with van der Waals surface area (Å²) in [5, 5.41) is 8.68. The summed E-state index contributed by atoms with van der Waals surface area (Å²) in [5.74, 6) is 1.16. The molecule has 0 saturated carbocycles. The van der Waals surface area contributed by atoms with Gasteiger partial charge in [0.15, 0.2) is 0 Å². The average molecular weight is 445 g/mol. The maximum absolute atomic E-state index is 11.3. The van der Waals surface area contributed by atoms with Gasteiger partial charge in [-0.25, -0.2) is 5.48 Å². The maximum atomic E-state index is 11.3. The Morgan fingerprint density at radius 1 is 1.38 bits per heavy atom. The number of rotatable bonds is 12. The van der Waals surface area contributed by atoms with E-state index in [1.807, 2.05) is 12.2 Å². The fourth-order valence-electron chi connectivity index (χ4n) is 4.73. The Morgan fingerprint density at radius 2 is 2.12 bits per heavy atom. The zero-order valence-electron chi connectivity index (χ0n) is 21.0. The Morgan fingerprint density at radius 3 is 2.75 bits per heavy atom. The highest BCUT2D eigenvalue weighted by molar-refractivity contribution is 5.98. The van der Waals surface area contributed by atoms with Crippen LogP contribution in [0.1, 0.15) is 73.6 Å². The summed E-state index contributed by atoms with van der Waals surface area (Å²) in [6.07, 6.45) is 15.1. The van der Waals surface area contributed by atoms with Crippen molar-refractivity contribution in [1.29, 1.82) is 0 Å². The van der Waals surface area contributed by atoms with Gasteiger partial charge >= 0.3 is 0 Å². The number of carbonyl (C=O) groups excluding carboxylic acids is 1. The minimum Gasteiger partial charge on any atom is -0.327 e. The molecule has 6 nitrogen and oxygen atoms in total. The van der Waals surface area contributed by atoms with Crippen LogP contribution in [0, 0.1) is 11.3 Å². The number of nitrogens with one attached hydrogen (secondary N) is 1. The number of hydrogen-bond acceptors (Lipinski definition) is 5. The van der Waals surface area contributed by atoms with Crippen molar-refractivity contribution in [1.82, 2.24) is 15.3 Å². The van der Waals surface area contributed by atoms with Crippen LogP contribution in [-0.4, -0.2) is 58.5 Å². The van der Waals surface area contributed by atoms with Gasteiger partial charge in [0.05, 0.1) is 12.1 Å². The van der Waals surface area contributed by atoms with Crippen molar-refractivity contribution in [2.24, 2.45) is 16.3 Å². The molecule has 180 valence electrons. The van der Waals surface area contributed by atoms with Crippen molar-refractivity contribution in [3.8, 4) is 0 Å². The maximum Gasteiger partial charge on any atom is 0.267 e. The molecule has 0 bridgehead atoms. The minimum absolute atomic E-state index is 0.288. The van der Waals surface area contributed by atoms with Gasteiger partial charge < -0.3 is 9.80 Å². The van der Waals surface area contributed by atoms with E-state index in [1.165, 1.54) is 31.8 Å². The second kappa shape index (κ2) is 12.4. The topological polar surface area (TPSA) is 68.2 Å². The number of carbonyl (C=O) groups is 1. The number of unbranched alkanes of at least 4 members (excludes halogenated alkanes) is 1. The van der Waals surface area contributed by atoms with Crippen molar-refractivity contribution in [3.63, 3.8) is 0 Å². The second-order valence-electron chi connectivity index (χ2n) is 10.5. The normalized spacial score (nSPS) is 21.7. The molecule has 0 aromatic heterocycles. The Labute approximate surface area is 195 Å². The van der Waals surface area contributed by atoms with E-state index in [4.69, 9.17) is 10.2 Å². The summed E-state index contributed by atoms with van der Waals surface area (Å²) in [6, 6.07) is 0.629. The molecule has 0 spiro atoms. The van der Waals surface area contributed by atoms with Gasteiger partial charge in [-0.1, -0.05) is 54.4 Å². The molecule has 32 heavy (non-hydrogen) atoms. The summed E-state index contributed by atoms with van der Waals surface area (Å²) in [7, 11) is 0. The summed E-state index contributed by atoms with van der Waals surface area (Å²) in [6.45, 7) is 17.0. The molecule has 3 atom stereocenters. The molecule has 0 fully saturated rings. The molecule has 0 aromatic rings. The zero-order valence-corrected chi connectivity index (χ0v) is 21.0. The van der Waals surface area contributed by atoms with E-state index in [0.717, 1.165) is 43.4 Å². The molecule has 0 aromatic carbocycles. The van der Waals surface area contributed by atoms with Crippen LogP contribution >= 0.6 is 0 Å². The summed E-state index contributed by atoms with van der Waals surface area (Å²) in [5.41, 5.74) is 2.91. The van der Waals surface area contributed by atoms with Gasteiger partial charge in [-0.15, -0.1) is 0 Å².